The Morgan fingerprint density at radius 1 is 1.24 bits per heavy atom. The van der Waals surface area contributed by atoms with Crippen molar-refractivity contribution in [3.05, 3.63) is 29.8 Å². The van der Waals surface area contributed by atoms with Crippen molar-refractivity contribution in [3.8, 4) is 0 Å². The van der Waals surface area contributed by atoms with Crippen molar-refractivity contribution >= 4 is 10.0 Å². The van der Waals surface area contributed by atoms with Gasteiger partial charge >= 0.3 is 6.18 Å². The Balaban J connectivity index is 2.49. The van der Waals surface area contributed by atoms with Gasteiger partial charge in [-0.2, -0.15) is 17.5 Å². The molecule has 1 aromatic carbocycles. The predicted molar refractivity (Wildman–Crippen MR) is 72.0 cm³/mol. The van der Waals surface area contributed by atoms with Crippen molar-refractivity contribution in [1.29, 1.82) is 0 Å². The van der Waals surface area contributed by atoms with Crippen LogP contribution in [-0.2, 0) is 16.2 Å². The van der Waals surface area contributed by atoms with E-state index in [0.717, 1.165) is 22.9 Å². The summed E-state index contributed by atoms with van der Waals surface area (Å²) in [6, 6.07) is 3.82. The van der Waals surface area contributed by atoms with Gasteiger partial charge in [0.2, 0.25) is 10.0 Å². The second-order valence-corrected chi connectivity index (χ2v) is 6.85. The normalized spacial score (nSPS) is 21.4. The van der Waals surface area contributed by atoms with Gasteiger partial charge in [-0.05, 0) is 25.0 Å². The van der Waals surface area contributed by atoms with Crippen molar-refractivity contribution in [1.82, 2.24) is 4.31 Å². The van der Waals surface area contributed by atoms with Crippen LogP contribution in [0.1, 0.15) is 24.8 Å². The van der Waals surface area contributed by atoms with E-state index < -0.39 is 32.7 Å². The third-order valence-corrected chi connectivity index (χ3v) is 5.63. The maximum atomic E-state index is 13.0. The first-order valence-corrected chi connectivity index (χ1v) is 8.10. The lowest BCUT2D eigenvalue weighted by molar-refractivity contribution is -0.139. The van der Waals surface area contributed by atoms with E-state index in [1.54, 1.807) is 0 Å². The van der Waals surface area contributed by atoms with Crippen LogP contribution in [0.4, 0.5) is 13.2 Å². The molecule has 0 unspecified atom stereocenters. The molecule has 2 N–H and O–H groups in total. The molecule has 1 aliphatic heterocycles. The van der Waals surface area contributed by atoms with Gasteiger partial charge in [-0.25, -0.2) is 8.42 Å². The fraction of sp³-hybridized carbons (Fsp3) is 0.538. The summed E-state index contributed by atoms with van der Waals surface area (Å²) in [5.74, 6) is 0. The minimum absolute atomic E-state index is 0.105. The third kappa shape index (κ3) is 3.22. The first kappa shape index (κ1) is 16.3. The number of nitrogens with zero attached hydrogens (tertiary/aromatic N) is 1. The van der Waals surface area contributed by atoms with Crippen molar-refractivity contribution in [3.63, 3.8) is 0 Å². The average Bonchev–Trinajstić information content (AvgIpc) is 2.46. The zero-order valence-corrected chi connectivity index (χ0v) is 12.1. The topological polar surface area (TPSA) is 63.4 Å². The number of alkyl halides is 3. The van der Waals surface area contributed by atoms with E-state index in [-0.39, 0.29) is 13.1 Å². The van der Waals surface area contributed by atoms with Crippen LogP contribution >= 0.6 is 0 Å². The van der Waals surface area contributed by atoms with E-state index in [4.69, 9.17) is 5.73 Å². The highest BCUT2D eigenvalue weighted by Crippen LogP contribution is 2.36. The highest BCUT2D eigenvalue weighted by molar-refractivity contribution is 7.89. The molecule has 1 heterocycles. The van der Waals surface area contributed by atoms with Gasteiger partial charge in [-0.3, -0.25) is 0 Å². The maximum absolute atomic E-state index is 13.0. The molecule has 0 aliphatic carbocycles. The molecule has 1 aromatic rings. The minimum Gasteiger partial charge on any atom is -0.329 e. The molecule has 21 heavy (non-hydrogen) atoms. The monoisotopic (exact) mass is 322 g/mol. The maximum Gasteiger partial charge on any atom is 0.417 e. The number of hydrogen-bond acceptors (Lipinski definition) is 3. The van der Waals surface area contributed by atoms with Crippen LogP contribution in [-0.4, -0.2) is 31.9 Å². The van der Waals surface area contributed by atoms with Crippen LogP contribution in [0.5, 0.6) is 0 Å². The SMILES string of the molecule is NC[C@H]1CCCCN1S(=O)(=O)c1ccccc1C(F)(F)F. The van der Waals surface area contributed by atoms with Crippen molar-refractivity contribution < 1.29 is 21.6 Å². The Labute approximate surface area is 121 Å². The fourth-order valence-corrected chi connectivity index (χ4v) is 4.50. The first-order chi connectivity index (χ1) is 9.78. The van der Waals surface area contributed by atoms with Gasteiger partial charge in [0.1, 0.15) is 0 Å². The summed E-state index contributed by atoms with van der Waals surface area (Å²) in [5.41, 5.74) is 4.43. The van der Waals surface area contributed by atoms with E-state index >= 15 is 0 Å². The highest BCUT2D eigenvalue weighted by Gasteiger charge is 2.40. The largest absolute Gasteiger partial charge is 0.417 e. The quantitative estimate of drug-likeness (QED) is 0.928. The van der Waals surface area contributed by atoms with Crippen LogP contribution in [0.2, 0.25) is 0 Å². The molecule has 1 saturated heterocycles. The zero-order valence-electron chi connectivity index (χ0n) is 11.3. The Kier molecular flexibility index (Phi) is 4.60. The Bertz CT molecular complexity index is 602. The molecule has 0 bridgehead atoms. The fourth-order valence-electron chi connectivity index (χ4n) is 2.58. The molecule has 0 amide bonds. The summed E-state index contributed by atoms with van der Waals surface area (Å²) < 4.78 is 65.4. The van der Waals surface area contributed by atoms with Crippen LogP contribution in [0.15, 0.2) is 29.2 Å². The molecular formula is C13H17F3N2O2S. The van der Waals surface area contributed by atoms with E-state index in [0.29, 0.717) is 12.8 Å². The van der Waals surface area contributed by atoms with Gasteiger partial charge in [0.05, 0.1) is 10.5 Å². The molecule has 1 atom stereocenters. The van der Waals surface area contributed by atoms with Gasteiger partial charge < -0.3 is 5.73 Å². The Morgan fingerprint density at radius 2 is 1.90 bits per heavy atom. The lowest BCUT2D eigenvalue weighted by Crippen LogP contribution is -2.47. The second kappa shape index (κ2) is 5.94. The lowest BCUT2D eigenvalue weighted by atomic mass is 10.1. The number of rotatable bonds is 3. The third-order valence-electron chi connectivity index (χ3n) is 3.62. The Hall–Kier alpha value is -1.12. The molecule has 0 aromatic heterocycles. The molecule has 1 fully saturated rings. The summed E-state index contributed by atoms with van der Waals surface area (Å²) in [4.78, 5) is -0.696. The number of piperidine rings is 1. The van der Waals surface area contributed by atoms with Crippen LogP contribution in [0, 0.1) is 0 Å². The summed E-state index contributed by atoms with van der Waals surface area (Å²) in [6.07, 6.45) is -2.68. The summed E-state index contributed by atoms with van der Waals surface area (Å²) in [7, 11) is -4.20. The highest BCUT2D eigenvalue weighted by atomic mass is 32.2. The van der Waals surface area contributed by atoms with Crippen molar-refractivity contribution in [2.45, 2.75) is 36.4 Å². The summed E-state index contributed by atoms with van der Waals surface area (Å²) in [5, 5.41) is 0. The number of sulfonamides is 1. The van der Waals surface area contributed by atoms with E-state index in [1.165, 1.54) is 12.1 Å². The molecule has 0 radical (unpaired) electrons. The van der Waals surface area contributed by atoms with Crippen LogP contribution in [0.3, 0.4) is 0 Å². The van der Waals surface area contributed by atoms with Gasteiger partial charge in [-0.15, -0.1) is 0 Å². The molecule has 118 valence electrons. The van der Waals surface area contributed by atoms with Gasteiger partial charge in [0, 0.05) is 19.1 Å². The number of benzene rings is 1. The van der Waals surface area contributed by atoms with Gasteiger partial charge in [-0.1, -0.05) is 18.6 Å². The van der Waals surface area contributed by atoms with Crippen molar-refractivity contribution in [2.24, 2.45) is 5.73 Å². The van der Waals surface area contributed by atoms with Crippen LogP contribution < -0.4 is 5.73 Å². The summed E-state index contributed by atoms with van der Waals surface area (Å²) in [6.45, 7) is 0.309. The number of hydrogen-bond donors (Lipinski definition) is 1. The molecule has 1 aliphatic rings. The van der Waals surface area contributed by atoms with E-state index in [1.807, 2.05) is 0 Å². The van der Waals surface area contributed by atoms with Crippen LogP contribution in [0.25, 0.3) is 0 Å². The average molecular weight is 322 g/mol. The van der Waals surface area contributed by atoms with E-state index in [9.17, 15) is 21.6 Å². The molecule has 0 saturated carbocycles. The van der Waals surface area contributed by atoms with Gasteiger partial charge in [0.15, 0.2) is 0 Å². The molecule has 8 heteroatoms. The molecule has 4 nitrogen and oxygen atoms in total. The standard InChI is InChI=1S/C13H17F3N2O2S/c14-13(15,16)11-6-1-2-7-12(11)21(19,20)18-8-4-3-5-10(18)9-17/h1-2,6-7,10H,3-5,8-9,17H2/t10-/m1/s1. The molecule has 2 rings (SSSR count). The second-order valence-electron chi connectivity index (χ2n) is 4.99. The number of halogens is 3. The van der Waals surface area contributed by atoms with Crippen molar-refractivity contribution in [2.75, 3.05) is 13.1 Å². The minimum atomic E-state index is -4.71. The first-order valence-electron chi connectivity index (χ1n) is 6.66. The lowest BCUT2D eigenvalue weighted by Gasteiger charge is -2.34. The Morgan fingerprint density at radius 3 is 2.52 bits per heavy atom. The molecular weight excluding hydrogens is 305 g/mol. The number of nitrogens with two attached hydrogens (primary N) is 1. The predicted octanol–water partition coefficient (Wildman–Crippen LogP) is 2.21. The van der Waals surface area contributed by atoms with Gasteiger partial charge in [0.25, 0.3) is 0 Å². The zero-order chi connectivity index (χ0) is 15.7. The van der Waals surface area contributed by atoms with E-state index in [2.05, 4.69) is 0 Å². The summed E-state index contributed by atoms with van der Waals surface area (Å²) >= 11 is 0. The smallest absolute Gasteiger partial charge is 0.329 e. The molecule has 0 spiro atoms.